The highest BCUT2D eigenvalue weighted by Gasteiger charge is 2.33. The molecule has 0 saturated carbocycles. The van der Waals surface area contributed by atoms with Gasteiger partial charge >= 0.3 is 5.97 Å². The Balaban J connectivity index is 1.71. The van der Waals surface area contributed by atoms with Crippen LogP contribution >= 0.6 is 0 Å². The first-order valence-electron chi connectivity index (χ1n) is 10.3. The lowest BCUT2D eigenvalue weighted by Gasteiger charge is -2.40. The molecule has 1 aromatic carbocycles. The van der Waals surface area contributed by atoms with E-state index in [4.69, 9.17) is 4.74 Å². The Morgan fingerprint density at radius 3 is 2.31 bits per heavy atom. The van der Waals surface area contributed by atoms with Crippen LogP contribution in [0.5, 0.6) is 0 Å². The molecule has 0 radical (unpaired) electrons. The van der Waals surface area contributed by atoms with Gasteiger partial charge in [-0.1, -0.05) is 6.07 Å². The molecule has 0 aliphatic carbocycles. The third kappa shape index (κ3) is 4.64. The van der Waals surface area contributed by atoms with E-state index in [1.54, 1.807) is 11.8 Å². The van der Waals surface area contributed by atoms with Gasteiger partial charge in [-0.15, -0.1) is 0 Å². The molecule has 1 amide bonds. The molecule has 160 valence electrons. The molecule has 8 heteroatoms. The molecule has 0 unspecified atom stereocenters. The summed E-state index contributed by atoms with van der Waals surface area (Å²) >= 11 is 0. The molecule has 0 spiro atoms. The van der Waals surface area contributed by atoms with Gasteiger partial charge in [-0.05, 0) is 71.1 Å². The van der Waals surface area contributed by atoms with Crippen molar-refractivity contribution in [1.29, 1.82) is 0 Å². The molecule has 1 aromatic rings. The molecule has 3 atom stereocenters. The number of esters is 1. The van der Waals surface area contributed by atoms with E-state index in [-0.39, 0.29) is 28.4 Å². The number of nitrogens with zero attached hydrogens (tertiary/aromatic N) is 2. The lowest BCUT2D eigenvalue weighted by Crippen LogP contribution is -2.51. The SMILES string of the molecule is C[C@@H]1CCC[C@@H](C)N1C(=O)[C@@H](C)OC(=O)c1cccc(S(=O)(=O)N2CCCC2)c1. The van der Waals surface area contributed by atoms with Crippen molar-refractivity contribution in [3.05, 3.63) is 29.8 Å². The molecule has 3 rings (SSSR count). The maximum Gasteiger partial charge on any atom is 0.338 e. The molecule has 2 saturated heterocycles. The zero-order valence-corrected chi connectivity index (χ0v) is 18.2. The van der Waals surface area contributed by atoms with E-state index in [1.165, 1.54) is 28.6 Å². The largest absolute Gasteiger partial charge is 0.449 e. The molecule has 7 nitrogen and oxygen atoms in total. The van der Waals surface area contributed by atoms with Crippen molar-refractivity contribution in [2.24, 2.45) is 0 Å². The Labute approximate surface area is 173 Å². The number of benzene rings is 1. The molecule has 2 heterocycles. The predicted molar refractivity (Wildman–Crippen MR) is 109 cm³/mol. The van der Waals surface area contributed by atoms with Crippen LogP contribution in [-0.2, 0) is 19.6 Å². The second-order valence-corrected chi connectivity index (χ2v) is 10.00. The highest BCUT2D eigenvalue weighted by molar-refractivity contribution is 7.89. The summed E-state index contributed by atoms with van der Waals surface area (Å²) in [4.78, 5) is 27.3. The molecule has 0 N–H and O–H groups in total. The van der Waals surface area contributed by atoms with Gasteiger partial charge < -0.3 is 9.64 Å². The van der Waals surface area contributed by atoms with Crippen LogP contribution in [0.3, 0.4) is 0 Å². The van der Waals surface area contributed by atoms with Crippen molar-refractivity contribution >= 4 is 21.9 Å². The summed E-state index contributed by atoms with van der Waals surface area (Å²) in [6.07, 6.45) is 3.71. The van der Waals surface area contributed by atoms with Crippen LogP contribution in [0.4, 0.5) is 0 Å². The first-order chi connectivity index (χ1) is 13.7. The van der Waals surface area contributed by atoms with E-state index in [2.05, 4.69) is 0 Å². The van der Waals surface area contributed by atoms with Gasteiger partial charge in [-0.3, -0.25) is 4.79 Å². The van der Waals surface area contributed by atoms with E-state index >= 15 is 0 Å². The zero-order chi connectivity index (χ0) is 21.2. The maximum atomic E-state index is 12.8. The minimum absolute atomic E-state index is 0.0751. The van der Waals surface area contributed by atoms with E-state index < -0.39 is 22.1 Å². The summed E-state index contributed by atoms with van der Waals surface area (Å²) < 4.78 is 32.3. The number of hydrogen-bond donors (Lipinski definition) is 0. The van der Waals surface area contributed by atoms with Gasteiger partial charge in [-0.25, -0.2) is 13.2 Å². The third-order valence-corrected chi connectivity index (χ3v) is 7.75. The summed E-state index contributed by atoms with van der Waals surface area (Å²) in [6.45, 7) is 6.58. The topological polar surface area (TPSA) is 84.0 Å². The Hall–Kier alpha value is -1.93. The lowest BCUT2D eigenvalue weighted by atomic mass is 9.97. The second kappa shape index (κ2) is 8.83. The molecule has 2 aliphatic heterocycles. The minimum atomic E-state index is -3.62. The molecule has 0 bridgehead atoms. The molecule has 0 aromatic heterocycles. The number of likely N-dealkylation sites (tertiary alicyclic amines) is 1. The monoisotopic (exact) mass is 422 g/mol. The Morgan fingerprint density at radius 2 is 1.69 bits per heavy atom. The van der Waals surface area contributed by atoms with E-state index in [0.29, 0.717) is 13.1 Å². The molecule has 2 fully saturated rings. The fraction of sp³-hybridized carbons (Fsp3) is 0.619. The Morgan fingerprint density at radius 1 is 1.07 bits per heavy atom. The molecular weight excluding hydrogens is 392 g/mol. The highest BCUT2D eigenvalue weighted by Crippen LogP contribution is 2.25. The molecular formula is C21H30N2O5S. The van der Waals surface area contributed by atoms with E-state index in [9.17, 15) is 18.0 Å². The number of carbonyl (C=O) groups excluding carboxylic acids is 2. The van der Waals surface area contributed by atoms with Crippen molar-refractivity contribution in [2.45, 2.75) is 76.0 Å². The Kier molecular flexibility index (Phi) is 6.63. The number of rotatable bonds is 5. The second-order valence-electron chi connectivity index (χ2n) is 8.06. The van der Waals surface area contributed by atoms with Gasteiger partial charge in [-0.2, -0.15) is 4.31 Å². The van der Waals surface area contributed by atoms with Gasteiger partial charge in [0.1, 0.15) is 0 Å². The smallest absolute Gasteiger partial charge is 0.338 e. The van der Waals surface area contributed by atoms with Crippen molar-refractivity contribution in [3.8, 4) is 0 Å². The van der Waals surface area contributed by atoms with Crippen LogP contribution in [0, 0.1) is 0 Å². The van der Waals surface area contributed by atoms with E-state index in [1.807, 2.05) is 13.8 Å². The maximum absolute atomic E-state index is 12.8. The molecule has 29 heavy (non-hydrogen) atoms. The fourth-order valence-electron chi connectivity index (χ4n) is 4.21. The number of carbonyl (C=O) groups is 2. The average Bonchev–Trinajstić information content (AvgIpc) is 3.23. The lowest BCUT2D eigenvalue weighted by molar-refractivity contribution is -0.146. The van der Waals surface area contributed by atoms with E-state index in [0.717, 1.165) is 32.1 Å². The van der Waals surface area contributed by atoms with Crippen molar-refractivity contribution in [2.75, 3.05) is 13.1 Å². The zero-order valence-electron chi connectivity index (χ0n) is 17.3. The van der Waals surface area contributed by atoms with Crippen molar-refractivity contribution < 1.29 is 22.7 Å². The predicted octanol–water partition coefficient (Wildman–Crippen LogP) is 2.81. The number of sulfonamides is 1. The summed E-state index contributed by atoms with van der Waals surface area (Å²) in [5.74, 6) is -0.902. The van der Waals surface area contributed by atoms with Crippen LogP contribution < -0.4 is 0 Å². The number of amides is 1. The summed E-state index contributed by atoms with van der Waals surface area (Å²) in [6, 6.07) is 6.08. The number of piperidine rings is 1. The number of ether oxygens (including phenoxy) is 1. The van der Waals surface area contributed by atoms with Gasteiger partial charge in [0, 0.05) is 25.2 Å². The van der Waals surface area contributed by atoms with Crippen LogP contribution in [-0.4, -0.2) is 60.8 Å². The van der Waals surface area contributed by atoms with Crippen molar-refractivity contribution in [3.63, 3.8) is 0 Å². The quantitative estimate of drug-likeness (QED) is 0.682. The van der Waals surface area contributed by atoms with Gasteiger partial charge in [0.25, 0.3) is 5.91 Å². The minimum Gasteiger partial charge on any atom is -0.449 e. The first kappa shape index (κ1) is 21.8. The van der Waals surface area contributed by atoms with Gasteiger partial charge in [0.15, 0.2) is 6.10 Å². The van der Waals surface area contributed by atoms with Crippen LogP contribution in [0.1, 0.15) is 63.2 Å². The summed E-state index contributed by atoms with van der Waals surface area (Å²) in [7, 11) is -3.62. The standard InChI is InChI=1S/C21H30N2O5S/c1-15-8-6-9-16(2)23(15)20(24)17(3)28-21(25)18-10-7-11-19(14-18)29(26,27)22-12-4-5-13-22/h7,10-11,14-17H,4-6,8-9,12-13H2,1-3H3/t15-,16-,17-/m1/s1. The third-order valence-electron chi connectivity index (χ3n) is 5.85. The molecule has 2 aliphatic rings. The normalized spacial score (nSPS) is 24.3. The van der Waals surface area contributed by atoms with Crippen molar-refractivity contribution in [1.82, 2.24) is 9.21 Å². The van der Waals surface area contributed by atoms with Gasteiger partial charge in [0.2, 0.25) is 10.0 Å². The summed E-state index contributed by atoms with van der Waals surface area (Å²) in [5.41, 5.74) is 0.129. The van der Waals surface area contributed by atoms with Gasteiger partial charge in [0.05, 0.1) is 10.5 Å². The fourth-order valence-corrected chi connectivity index (χ4v) is 5.77. The number of hydrogen-bond acceptors (Lipinski definition) is 5. The average molecular weight is 423 g/mol. The van der Waals surface area contributed by atoms with Crippen LogP contribution in [0.25, 0.3) is 0 Å². The van der Waals surface area contributed by atoms with Crippen LogP contribution in [0.15, 0.2) is 29.2 Å². The Bertz CT molecular complexity index is 854. The first-order valence-corrected chi connectivity index (χ1v) is 11.8. The highest BCUT2D eigenvalue weighted by atomic mass is 32.2. The summed E-state index contributed by atoms with van der Waals surface area (Å²) in [5, 5.41) is 0. The van der Waals surface area contributed by atoms with Crippen LogP contribution in [0.2, 0.25) is 0 Å².